The van der Waals surface area contributed by atoms with Crippen LogP contribution in [0.1, 0.15) is 12.8 Å². The Hall–Kier alpha value is -3.16. The van der Waals surface area contributed by atoms with Crippen molar-refractivity contribution in [1.29, 1.82) is 0 Å². The van der Waals surface area contributed by atoms with Gasteiger partial charge in [0.15, 0.2) is 0 Å². The Morgan fingerprint density at radius 3 is 3.00 bits per heavy atom. The van der Waals surface area contributed by atoms with Crippen LogP contribution in [0.3, 0.4) is 0 Å². The first-order valence-electron chi connectivity index (χ1n) is 9.05. The molecule has 1 aliphatic heterocycles. The molecule has 8 nitrogen and oxygen atoms in total. The fourth-order valence-corrected chi connectivity index (χ4v) is 4.18. The van der Waals surface area contributed by atoms with Crippen molar-refractivity contribution in [2.24, 2.45) is 13.0 Å². The molecule has 0 radical (unpaired) electrons. The summed E-state index contributed by atoms with van der Waals surface area (Å²) in [4.78, 5) is 18.5. The molecular formula is C19H20N6O2. The average molecular weight is 364 g/mol. The molecule has 5 rings (SSSR count). The molecule has 138 valence electrons. The second-order valence-corrected chi connectivity index (χ2v) is 7.23. The molecule has 1 aliphatic carbocycles. The van der Waals surface area contributed by atoms with Crippen LogP contribution in [0.5, 0.6) is 5.88 Å². The van der Waals surface area contributed by atoms with Gasteiger partial charge in [-0.05, 0) is 18.6 Å². The number of amides is 1. The highest BCUT2D eigenvalue weighted by Crippen LogP contribution is 2.41. The van der Waals surface area contributed by atoms with E-state index in [9.17, 15) is 4.79 Å². The van der Waals surface area contributed by atoms with Gasteiger partial charge < -0.3 is 9.64 Å². The van der Waals surface area contributed by atoms with E-state index in [1.807, 2.05) is 30.4 Å². The molecule has 0 N–H and O–H groups in total. The number of nitrogens with zero attached hydrogens (tertiary/aromatic N) is 6. The lowest BCUT2D eigenvalue weighted by atomic mass is 9.92. The molecular weight excluding hydrogens is 344 g/mol. The van der Waals surface area contributed by atoms with E-state index in [1.165, 1.54) is 6.08 Å². The zero-order valence-electron chi connectivity index (χ0n) is 15.0. The molecule has 3 aromatic heterocycles. The van der Waals surface area contributed by atoms with Crippen LogP contribution in [-0.2, 0) is 11.8 Å². The standard InChI is InChI=1S/C19H20N6O2/c1-3-18(26)24-10-12-6-14(7-17(12)24)27-19-16-4-5-20-25(16)11-15(22-19)13-8-21-23(2)9-13/h3-5,8-9,11-12,14,17H,1,6-7,10H2,2H3/t12?,14?,17-/m0/s1. The molecule has 0 aromatic carbocycles. The van der Waals surface area contributed by atoms with Gasteiger partial charge in [0.2, 0.25) is 11.8 Å². The molecule has 1 saturated heterocycles. The van der Waals surface area contributed by atoms with Gasteiger partial charge in [-0.3, -0.25) is 9.48 Å². The first-order chi connectivity index (χ1) is 13.1. The largest absolute Gasteiger partial charge is 0.473 e. The maximum Gasteiger partial charge on any atom is 0.246 e. The van der Waals surface area contributed by atoms with E-state index >= 15 is 0 Å². The monoisotopic (exact) mass is 364 g/mol. The predicted octanol–water partition coefficient (Wildman–Crippen LogP) is 1.68. The van der Waals surface area contributed by atoms with Crippen molar-refractivity contribution in [2.45, 2.75) is 25.0 Å². The van der Waals surface area contributed by atoms with Gasteiger partial charge in [-0.1, -0.05) is 6.58 Å². The van der Waals surface area contributed by atoms with Crippen LogP contribution in [0.25, 0.3) is 16.8 Å². The van der Waals surface area contributed by atoms with Gasteiger partial charge in [0.05, 0.1) is 24.3 Å². The minimum atomic E-state index is 0.00628. The van der Waals surface area contributed by atoms with E-state index in [-0.39, 0.29) is 18.1 Å². The van der Waals surface area contributed by atoms with Gasteiger partial charge in [-0.25, -0.2) is 9.50 Å². The number of hydrogen-bond donors (Lipinski definition) is 0. The molecule has 0 bridgehead atoms. The first-order valence-corrected chi connectivity index (χ1v) is 9.05. The van der Waals surface area contributed by atoms with Crippen LogP contribution in [0.2, 0.25) is 0 Å². The van der Waals surface area contributed by atoms with E-state index in [4.69, 9.17) is 9.72 Å². The number of fused-ring (bicyclic) bond motifs is 2. The molecule has 3 atom stereocenters. The van der Waals surface area contributed by atoms with Crippen LogP contribution >= 0.6 is 0 Å². The Labute approximate surface area is 156 Å². The minimum Gasteiger partial charge on any atom is -0.473 e. The van der Waals surface area contributed by atoms with E-state index < -0.39 is 0 Å². The Kier molecular flexibility index (Phi) is 3.53. The molecule has 2 aliphatic rings. The number of ether oxygens (including phenoxy) is 1. The minimum absolute atomic E-state index is 0.00628. The molecule has 1 saturated carbocycles. The number of aromatic nitrogens is 5. The van der Waals surface area contributed by atoms with E-state index in [0.717, 1.165) is 36.2 Å². The fraction of sp³-hybridized carbons (Fsp3) is 0.368. The van der Waals surface area contributed by atoms with Crippen LogP contribution < -0.4 is 4.74 Å². The Morgan fingerprint density at radius 2 is 2.22 bits per heavy atom. The van der Waals surface area contributed by atoms with Crippen molar-refractivity contribution in [1.82, 2.24) is 29.3 Å². The molecule has 1 amide bonds. The third-order valence-corrected chi connectivity index (χ3v) is 5.54. The average Bonchev–Trinajstić information content (AvgIpc) is 3.36. The lowest BCUT2D eigenvalue weighted by molar-refractivity contribution is -0.136. The van der Waals surface area contributed by atoms with Crippen molar-refractivity contribution in [3.8, 4) is 17.1 Å². The first kappa shape index (κ1) is 16.0. The lowest BCUT2D eigenvalue weighted by Gasteiger charge is -2.43. The molecule has 8 heteroatoms. The summed E-state index contributed by atoms with van der Waals surface area (Å²) in [5.74, 6) is 1.08. The van der Waals surface area contributed by atoms with Gasteiger partial charge in [0.25, 0.3) is 0 Å². The number of aryl methyl sites for hydroxylation is 1. The number of rotatable bonds is 4. The van der Waals surface area contributed by atoms with Gasteiger partial charge in [0.1, 0.15) is 11.6 Å². The molecule has 3 aromatic rings. The second-order valence-electron chi connectivity index (χ2n) is 7.23. The zero-order valence-corrected chi connectivity index (χ0v) is 15.0. The summed E-state index contributed by atoms with van der Waals surface area (Å²) in [5.41, 5.74) is 2.51. The molecule has 4 heterocycles. The van der Waals surface area contributed by atoms with E-state index in [0.29, 0.717) is 11.8 Å². The smallest absolute Gasteiger partial charge is 0.246 e. The topological polar surface area (TPSA) is 77.6 Å². The normalized spacial score (nSPS) is 23.9. The summed E-state index contributed by atoms with van der Waals surface area (Å²) >= 11 is 0. The van der Waals surface area contributed by atoms with Crippen molar-refractivity contribution < 1.29 is 9.53 Å². The molecule has 0 spiro atoms. The summed E-state index contributed by atoms with van der Waals surface area (Å²) in [5, 5.41) is 8.56. The Morgan fingerprint density at radius 1 is 1.33 bits per heavy atom. The quantitative estimate of drug-likeness (QED) is 0.659. The Bertz CT molecular complexity index is 1040. The highest BCUT2D eigenvalue weighted by molar-refractivity contribution is 5.88. The SMILES string of the molecule is C=CC(=O)N1CC2CC(Oc3nc(-c4cnn(C)c4)cn4nccc34)C[C@@H]21. The second kappa shape index (κ2) is 5.94. The molecule has 2 fully saturated rings. The van der Waals surface area contributed by atoms with E-state index in [1.54, 1.807) is 21.6 Å². The number of likely N-dealkylation sites (tertiary alicyclic amines) is 1. The van der Waals surface area contributed by atoms with Gasteiger partial charge in [-0.2, -0.15) is 10.2 Å². The zero-order chi connectivity index (χ0) is 18.5. The molecule has 27 heavy (non-hydrogen) atoms. The predicted molar refractivity (Wildman–Crippen MR) is 98.0 cm³/mol. The third kappa shape index (κ3) is 2.59. The summed E-state index contributed by atoms with van der Waals surface area (Å²) in [7, 11) is 1.87. The van der Waals surface area contributed by atoms with E-state index in [2.05, 4.69) is 16.8 Å². The van der Waals surface area contributed by atoms with Gasteiger partial charge in [-0.15, -0.1) is 0 Å². The van der Waals surface area contributed by atoms with Crippen LogP contribution in [0.4, 0.5) is 0 Å². The van der Waals surface area contributed by atoms with Gasteiger partial charge in [0, 0.05) is 43.7 Å². The van der Waals surface area contributed by atoms with Crippen LogP contribution in [0.15, 0.2) is 43.5 Å². The number of carbonyl (C=O) groups excluding carboxylic acids is 1. The maximum absolute atomic E-state index is 11.9. The van der Waals surface area contributed by atoms with Crippen LogP contribution in [-0.4, -0.2) is 53.9 Å². The van der Waals surface area contributed by atoms with Crippen molar-refractivity contribution >= 4 is 11.4 Å². The van der Waals surface area contributed by atoms with Crippen molar-refractivity contribution in [3.05, 3.63) is 43.5 Å². The number of carbonyl (C=O) groups is 1. The van der Waals surface area contributed by atoms with Crippen molar-refractivity contribution in [2.75, 3.05) is 6.54 Å². The summed E-state index contributed by atoms with van der Waals surface area (Å²) in [6.07, 6.45) is 10.5. The number of hydrogen-bond acceptors (Lipinski definition) is 5. The maximum atomic E-state index is 11.9. The van der Waals surface area contributed by atoms with Gasteiger partial charge >= 0.3 is 0 Å². The summed E-state index contributed by atoms with van der Waals surface area (Å²) in [6.45, 7) is 4.38. The third-order valence-electron chi connectivity index (χ3n) is 5.54. The summed E-state index contributed by atoms with van der Waals surface area (Å²) in [6, 6.07) is 2.15. The molecule has 2 unspecified atom stereocenters. The fourth-order valence-electron chi connectivity index (χ4n) is 4.18. The van der Waals surface area contributed by atoms with Crippen LogP contribution in [0, 0.1) is 5.92 Å². The van der Waals surface area contributed by atoms with Crippen molar-refractivity contribution in [3.63, 3.8) is 0 Å². The highest BCUT2D eigenvalue weighted by atomic mass is 16.5. The highest BCUT2D eigenvalue weighted by Gasteiger charge is 2.48. The lowest BCUT2D eigenvalue weighted by Crippen LogP contribution is -2.55. The summed E-state index contributed by atoms with van der Waals surface area (Å²) < 4.78 is 9.82. The Balaban J connectivity index is 1.41.